The molecule has 0 fully saturated rings. The molecule has 1 heterocycles. The Kier molecular flexibility index (Phi) is 5.14. The first kappa shape index (κ1) is 17.8. The van der Waals surface area contributed by atoms with Gasteiger partial charge in [-0.2, -0.15) is 0 Å². The number of hydrogen-bond donors (Lipinski definition) is 2. The van der Waals surface area contributed by atoms with Gasteiger partial charge in [-0.25, -0.2) is 9.59 Å². The van der Waals surface area contributed by atoms with Crippen LogP contribution in [0.1, 0.15) is 31.3 Å². The van der Waals surface area contributed by atoms with Crippen LogP contribution in [0.3, 0.4) is 0 Å². The molecule has 1 aromatic heterocycles. The normalized spacial score (nSPS) is 11.2. The standard InChI is InChI=1S/C16H17ClN2O5/c1-16(2,3)19-15(22)18-13(20)8-23-14(21)12-7-9-6-10(17)4-5-11(9)24-12/h4-7H,8H2,1-3H3,(H2,18,19,20,22). The minimum absolute atomic E-state index is 0.0563. The third-order valence-electron chi connectivity index (χ3n) is 2.76. The summed E-state index contributed by atoms with van der Waals surface area (Å²) in [6, 6.07) is 5.69. The summed E-state index contributed by atoms with van der Waals surface area (Å²) in [6.45, 7) is 4.70. The van der Waals surface area contributed by atoms with Crippen molar-refractivity contribution >= 4 is 40.5 Å². The van der Waals surface area contributed by atoms with Crippen molar-refractivity contribution in [2.24, 2.45) is 0 Å². The smallest absolute Gasteiger partial charge is 0.374 e. The fourth-order valence-corrected chi connectivity index (χ4v) is 2.03. The van der Waals surface area contributed by atoms with Crippen molar-refractivity contribution in [3.8, 4) is 0 Å². The van der Waals surface area contributed by atoms with Gasteiger partial charge in [-0.05, 0) is 45.0 Å². The highest BCUT2D eigenvalue weighted by atomic mass is 35.5. The quantitative estimate of drug-likeness (QED) is 0.828. The Morgan fingerprint density at radius 3 is 2.58 bits per heavy atom. The van der Waals surface area contributed by atoms with E-state index in [0.717, 1.165) is 0 Å². The Hall–Kier alpha value is -2.54. The van der Waals surface area contributed by atoms with Gasteiger partial charge in [0.2, 0.25) is 5.76 Å². The van der Waals surface area contributed by atoms with Crippen LogP contribution in [0.4, 0.5) is 4.79 Å². The van der Waals surface area contributed by atoms with Crippen LogP contribution in [0.15, 0.2) is 28.7 Å². The van der Waals surface area contributed by atoms with E-state index in [9.17, 15) is 14.4 Å². The predicted octanol–water partition coefficient (Wildman–Crippen LogP) is 2.87. The van der Waals surface area contributed by atoms with Gasteiger partial charge in [0.15, 0.2) is 6.61 Å². The lowest BCUT2D eigenvalue weighted by atomic mass is 10.1. The Bertz CT molecular complexity index is 791. The van der Waals surface area contributed by atoms with Gasteiger partial charge in [0.25, 0.3) is 5.91 Å². The Labute approximate surface area is 143 Å². The van der Waals surface area contributed by atoms with Crippen LogP contribution in [-0.2, 0) is 9.53 Å². The number of hydrogen-bond acceptors (Lipinski definition) is 5. The molecule has 0 atom stereocenters. The van der Waals surface area contributed by atoms with Crippen LogP contribution in [0.25, 0.3) is 11.0 Å². The number of benzene rings is 1. The first-order valence-corrected chi connectivity index (χ1v) is 7.50. The summed E-state index contributed by atoms with van der Waals surface area (Å²) in [5, 5.41) is 5.76. The van der Waals surface area contributed by atoms with Crippen molar-refractivity contribution in [2.75, 3.05) is 6.61 Å². The molecule has 128 valence electrons. The van der Waals surface area contributed by atoms with Gasteiger partial charge in [0, 0.05) is 15.9 Å². The molecule has 2 rings (SSSR count). The molecular formula is C16H17ClN2O5. The van der Waals surface area contributed by atoms with E-state index in [-0.39, 0.29) is 5.76 Å². The summed E-state index contributed by atoms with van der Waals surface area (Å²) in [7, 11) is 0. The third kappa shape index (κ3) is 4.99. The average Bonchev–Trinajstić information content (AvgIpc) is 2.85. The molecule has 0 bridgehead atoms. The maximum absolute atomic E-state index is 11.9. The lowest BCUT2D eigenvalue weighted by Crippen LogP contribution is -2.49. The van der Waals surface area contributed by atoms with Crippen molar-refractivity contribution in [1.29, 1.82) is 0 Å². The van der Waals surface area contributed by atoms with Gasteiger partial charge in [-0.1, -0.05) is 11.6 Å². The summed E-state index contributed by atoms with van der Waals surface area (Å²) in [4.78, 5) is 35.0. The number of nitrogens with one attached hydrogen (secondary N) is 2. The number of carbonyl (C=O) groups excluding carboxylic acids is 3. The Balaban J connectivity index is 1.90. The Morgan fingerprint density at radius 2 is 1.92 bits per heavy atom. The largest absolute Gasteiger partial charge is 0.450 e. The Morgan fingerprint density at radius 1 is 1.21 bits per heavy atom. The molecule has 0 aliphatic heterocycles. The van der Waals surface area contributed by atoms with Crippen LogP contribution in [0, 0.1) is 0 Å². The number of amides is 3. The fourth-order valence-electron chi connectivity index (χ4n) is 1.85. The number of halogens is 1. The van der Waals surface area contributed by atoms with E-state index in [1.54, 1.807) is 39.0 Å². The molecule has 0 aliphatic rings. The van der Waals surface area contributed by atoms with E-state index in [1.807, 2.05) is 0 Å². The van der Waals surface area contributed by atoms with Gasteiger partial charge >= 0.3 is 12.0 Å². The monoisotopic (exact) mass is 352 g/mol. The van der Waals surface area contributed by atoms with Crippen molar-refractivity contribution in [3.63, 3.8) is 0 Å². The maximum atomic E-state index is 11.9. The summed E-state index contributed by atoms with van der Waals surface area (Å²) in [6.07, 6.45) is 0. The van der Waals surface area contributed by atoms with Crippen LogP contribution >= 0.6 is 11.6 Å². The molecule has 8 heteroatoms. The lowest BCUT2D eigenvalue weighted by molar-refractivity contribution is -0.123. The second-order valence-electron chi connectivity index (χ2n) is 6.12. The van der Waals surface area contributed by atoms with E-state index in [1.165, 1.54) is 6.07 Å². The second-order valence-corrected chi connectivity index (χ2v) is 6.56. The van der Waals surface area contributed by atoms with E-state index in [0.29, 0.717) is 16.0 Å². The summed E-state index contributed by atoms with van der Waals surface area (Å²) < 4.78 is 10.1. The average molecular weight is 353 g/mol. The summed E-state index contributed by atoms with van der Waals surface area (Å²) in [5.41, 5.74) is -0.0169. The predicted molar refractivity (Wildman–Crippen MR) is 87.9 cm³/mol. The molecule has 0 unspecified atom stereocenters. The van der Waals surface area contributed by atoms with E-state index >= 15 is 0 Å². The number of fused-ring (bicyclic) bond motifs is 1. The first-order valence-electron chi connectivity index (χ1n) is 7.12. The molecule has 2 aromatic rings. The second kappa shape index (κ2) is 6.92. The third-order valence-corrected chi connectivity index (χ3v) is 2.99. The number of carbonyl (C=O) groups is 3. The highest BCUT2D eigenvalue weighted by Gasteiger charge is 2.18. The van der Waals surface area contributed by atoms with Crippen LogP contribution in [0.5, 0.6) is 0 Å². The van der Waals surface area contributed by atoms with Crippen LogP contribution < -0.4 is 10.6 Å². The zero-order valence-electron chi connectivity index (χ0n) is 13.4. The molecule has 1 aromatic carbocycles. The maximum Gasteiger partial charge on any atom is 0.374 e. The van der Waals surface area contributed by atoms with E-state index in [4.69, 9.17) is 20.8 Å². The summed E-state index contributed by atoms with van der Waals surface area (Å²) >= 11 is 5.86. The molecule has 0 spiro atoms. The molecule has 0 saturated carbocycles. The van der Waals surface area contributed by atoms with Gasteiger partial charge in [-0.3, -0.25) is 10.1 Å². The molecule has 2 N–H and O–H groups in total. The van der Waals surface area contributed by atoms with Crippen LogP contribution in [-0.4, -0.2) is 30.1 Å². The zero-order chi connectivity index (χ0) is 17.9. The van der Waals surface area contributed by atoms with Crippen molar-refractivity contribution in [3.05, 3.63) is 35.0 Å². The molecule has 0 radical (unpaired) electrons. The fraction of sp³-hybridized carbons (Fsp3) is 0.312. The van der Waals surface area contributed by atoms with Crippen molar-refractivity contribution in [1.82, 2.24) is 10.6 Å². The topological polar surface area (TPSA) is 97.6 Å². The summed E-state index contributed by atoms with van der Waals surface area (Å²) in [5.74, 6) is -1.61. The SMILES string of the molecule is CC(C)(C)NC(=O)NC(=O)COC(=O)c1cc2cc(Cl)ccc2o1. The van der Waals surface area contributed by atoms with Crippen LogP contribution in [0.2, 0.25) is 5.02 Å². The molecule has 0 saturated heterocycles. The van der Waals surface area contributed by atoms with Gasteiger partial charge < -0.3 is 14.5 Å². The number of esters is 1. The minimum Gasteiger partial charge on any atom is -0.450 e. The molecular weight excluding hydrogens is 336 g/mol. The number of rotatable bonds is 3. The van der Waals surface area contributed by atoms with Gasteiger partial charge in [-0.15, -0.1) is 0 Å². The molecule has 24 heavy (non-hydrogen) atoms. The van der Waals surface area contributed by atoms with E-state index < -0.39 is 30.1 Å². The lowest BCUT2D eigenvalue weighted by Gasteiger charge is -2.20. The molecule has 7 nitrogen and oxygen atoms in total. The van der Waals surface area contributed by atoms with E-state index in [2.05, 4.69) is 10.6 Å². The number of ether oxygens (including phenoxy) is 1. The number of furan rings is 1. The highest BCUT2D eigenvalue weighted by molar-refractivity contribution is 6.31. The molecule has 3 amide bonds. The zero-order valence-corrected chi connectivity index (χ0v) is 14.2. The van der Waals surface area contributed by atoms with Gasteiger partial charge in [0.1, 0.15) is 5.58 Å². The number of imide groups is 1. The first-order chi connectivity index (χ1) is 11.1. The highest BCUT2D eigenvalue weighted by Crippen LogP contribution is 2.23. The minimum atomic E-state index is -0.811. The number of urea groups is 1. The van der Waals surface area contributed by atoms with Gasteiger partial charge in [0.05, 0.1) is 0 Å². The van der Waals surface area contributed by atoms with Crippen molar-refractivity contribution < 1.29 is 23.5 Å². The van der Waals surface area contributed by atoms with Crippen molar-refractivity contribution in [2.45, 2.75) is 26.3 Å². The molecule has 0 aliphatic carbocycles.